The molecule has 1 N–H and O–H groups in total. The predicted molar refractivity (Wildman–Crippen MR) is 70.2 cm³/mol. The topological polar surface area (TPSA) is 41.8 Å². The molecule has 0 aromatic carbocycles. The van der Waals surface area contributed by atoms with Crippen LogP contribution in [-0.4, -0.2) is 29.9 Å². The lowest BCUT2D eigenvalue weighted by molar-refractivity contribution is -0.164. The molecule has 0 radical (unpaired) electrons. The second-order valence-electron chi connectivity index (χ2n) is 4.04. The highest BCUT2D eigenvalue weighted by Crippen LogP contribution is 2.43. The maximum absolute atomic E-state index is 14.3. The Morgan fingerprint density at radius 1 is 1.42 bits per heavy atom. The minimum atomic E-state index is -4.52. The number of hydrogen-bond donors (Lipinski definition) is 1. The Hall–Kier alpha value is -0.800. The normalized spacial score (nSPS) is 20.5. The second-order valence-corrected chi connectivity index (χ2v) is 4.76. The fourth-order valence-electron chi connectivity index (χ4n) is 1.65. The number of alkyl halides is 4. The average Bonchev–Trinajstić information content (AvgIpc) is 2.28. The number of ether oxygens (including phenoxy) is 1. The Labute approximate surface area is 121 Å². The van der Waals surface area contributed by atoms with Crippen molar-refractivity contribution in [2.24, 2.45) is 5.16 Å². The number of halogens is 5. The van der Waals surface area contributed by atoms with Gasteiger partial charge in [-0.1, -0.05) is 27.7 Å². The van der Waals surface area contributed by atoms with Crippen LogP contribution in [-0.2, 0) is 4.74 Å². The lowest BCUT2D eigenvalue weighted by Gasteiger charge is -2.35. The van der Waals surface area contributed by atoms with Gasteiger partial charge in [0.05, 0.1) is 11.8 Å². The first-order chi connectivity index (χ1) is 8.82. The molecule has 0 heterocycles. The molecular formula is C11H12F4INO2. The summed E-state index contributed by atoms with van der Waals surface area (Å²) in [5.74, 6) is -0.272. The molecule has 0 aromatic heterocycles. The lowest BCUT2D eigenvalue weighted by atomic mass is 9.76. The van der Waals surface area contributed by atoms with E-state index in [9.17, 15) is 17.6 Å². The van der Waals surface area contributed by atoms with Crippen molar-refractivity contribution in [1.29, 1.82) is 0 Å². The summed E-state index contributed by atoms with van der Waals surface area (Å²) in [7, 11) is 0. The largest absolute Gasteiger partial charge is 0.484 e. The van der Waals surface area contributed by atoms with Crippen LogP contribution in [0.4, 0.5) is 17.6 Å². The van der Waals surface area contributed by atoms with Gasteiger partial charge in [0.25, 0.3) is 0 Å². The van der Waals surface area contributed by atoms with Crippen LogP contribution >= 0.6 is 22.6 Å². The van der Waals surface area contributed by atoms with Crippen LogP contribution < -0.4 is 0 Å². The molecule has 0 unspecified atom stereocenters. The van der Waals surface area contributed by atoms with Crippen molar-refractivity contribution in [2.45, 2.75) is 31.1 Å². The van der Waals surface area contributed by atoms with E-state index < -0.39 is 18.5 Å². The molecule has 3 nitrogen and oxygen atoms in total. The zero-order chi connectivity index (χ0) is 14.5. The van der Waals surface area contributed by atoms with Gasteiger partial charge in [0.2, 0.25) is 0 Å². The Bertz CT molecular complexity index is 400. The number of allylic oxidation sites excluding steroid dienone is 2. The fourth-order valence-corrected chi connectivity index (χ4v) is 1.97. The maximum Gasteiger partial charge on any atom is 0.422 e. The smallest absolute Gasteiger partial charge is 0.422 e. The molecule has 0 atom stereocenters. The van der Waals surface area contributed by atoms with E-state index in [2.05, 4.69) is 9.89 Å². The Morgan fingerprint density at radius 3 is 2.42 bits per heavy atom. The van der Waals surface area contributed by atoms with E-state index in [-0.39, 0.29) is 24.2 Å². The zero-order valence-corrected chi connectivity index (χ0v) is 11.9. The highest BCUT2D eigenvalue weighted by atomic mass is 127. The first-order valence-electron chi connectivity index (χ1n) is 5.40. The van der Waals surface area contributed by atoms with Gasteiger partial charge in [0, 0.05) is 0 Å². The highest BCUT2D eigenvalue weighted by Gasteiger charge is 2.42. The van der Waals surface area contributed by atoms with Gasteiger partial charge in [-0.2, -0.15) is 13.2 Å². The molecule has 1 fully saturated rings. The van der Waals surface area contributed by atoms with Gasteiger partial charge in [-0.05, 0) is 29.4 Å². The third kappa shape index (κ3) is 4.66. The lowest BCUT2D eigenvalue weighted by Crippen LogP contribution is -2.36. The monoisotopic (exact) mass is 393 g/mol. The molecule has 1 aliphatic rings. The van der Waals surface area contributed by atoms with Gasteiger partial charge in [-0.3, -0.25) is 0 Å². The number of oxime groups is 1. The predicted octanol–water partition coefficient (Wildman–Crippen LogP) is 4.12. The molecule has 0 aliphatic heterocycles. The van der Waals surface area contributed by atoms with Crippen LogP contribution in [0.15, 0.2) is 26.6 Å². The first-order valence-corrected chi connectivity index (χ1v) is 6.64. The summed E-state index contributed by atoms with van der Waals surface area (Å²) >= 11 is 1.78. The van der Waals surface area contributed by atoms with Gasteiger partial charge < -0.3 is 9.94 Å². The third-order valence-corrected chi connectivity index (χ3v) is 3.05. The standard InChI is InChI=1S/C11H12F4INO2/c12-10(3-1-4-10)8(6-17-18)9(2-5-16)19-7-11(13,14)15/h2,5-6,18H,1,3-4,7H2/b5-2-,9-8-,17-6+. The molecular weight excluding hydrogens is 381 g/mol. The molecule has 0 spiro atoms. The Balaban J connectivity index is 3.04. The van der Waals surface area contributed by atoms with Crippen LogP contribution in [0, 0.1) is 0 Å². The van der Waals surface area contributed by atoms with Crippen LogP contribution in [0.25, 0.3) is 0 Å². The van der Waals surface area contributed by atoms with Crippen LogP contribution in [0.2, 0.25) is 0 Å². The van der Waals surface area contributed by atoms with Gasteiger partial charge in [-0.15, -0.1) is 0 Å². The molecule has 0 aromatic rings. The average molecular weight is 393 g/mol. The molecule has 0 saturated heterocycles. The van der Waals surface area contributed by atoms with E-state index >= 15 is 0 Å². The van der Waals surface area contributed by atoms with Gasteiger partial charge in [0.1, 0.15) is 11.4 Å². The summed E-state index contributed by atoms with van der Waals surface area (Å²) in [5.41, 5.74) is -1.96. The quantitative estimate of drug-likeness (QED) is 0.145. The molecule has 19 heavy (non-hydrogen) atoms. The molecule has 1 rings (SSSR count). The van der Waals surface area contributed by atoms with E-state index in [1.54, 1.807) is 22.6 Å². The number of rotatable bonds is 5. The SMILES string of the molecule is O/N=C/C(=C(\C=C/I)OCC(F)(F)F)C1(F)CCC1. The van der Waals surface area contributed by atoms with E-state index in [0.29, 0.717) is 6.42 Å². The van der Waals surface area contributed by atoms with E-state index in [0.717, 1.165) is 6.21 Å². The van der Waals surface area contributed by atoms with Gasteiger partial charge in [0.15, 0.2) is 6.61 Å². The Kier molecular flexibility index (Phi) is 5.63. The van der Waals surface area contributed by atoms with Crippen molar-refractivity contribution >= 4 is 28.8 Å². The molecule has 1 aliphatic carbocycles. The second kappa shape index (κ2) is 6.58. The first kappa shape index (κ1) is 16.3. The van der Waals surface area contributed by atoms with Gasteiger partial charge in [-0.25, -0.2) is 4.39 Å². The van der Waals surface area contributed by atoms with Crippen molar-refractivity contribution in [3.05, 3.63) is 21.5 Å². The molecule has 1 saturated carbocycles. The van der Waals surface area contributed by atoms with Crippen molar-refractivity contribution in [1.82, 2.24) is 0 Å². The van der Waals surface area contributed by atoms with Crippen molar-refractivity contribution in [2.75, 3.05) is 6.61 Å². The molecule has 0 amide bonds. The maximum atomic E-state index is 14.3. The number of nitrogens with zero attached hydrogens (tertiary/aromatic N) is 1. The highest BCUT2D eigenvalue weighted by molar-refractivity contribution is 14.1. The minimum Gasteiger partial charge on any atom is -0.484 e. The third-order valence-electron chi connectivity index (χ3n) is 2.69. The van der Waals surface area contributed by atoms with Crippen molar-refractivity contribution < 1.29 is 27.5 Å². The molecule has 8 heteroatoms. The van der Waals surface area contributed by atoms with Crippen molar-refractivity contribution in [3.63, 3.8) is 0 Å². The molecule has 0 bridgehead atoms. The summed E-state index contributed by atoms with van der Waals surface area (Å²) in [6.45, 7) is -1.53. The van der Waals surface area contributed by atoms with Crippen LogP contribution in [0.1, 0.15) is 19.3 Å². The summed E-state index contributed by atoms with van der Waals surface area (Å²) in [4.78, 5) is 0. The fraction of sp³-hybridized carbons (Fsp3) is 0.545. The van der Waals surface area contributed by atoms with Crippen LogP contribution in [0.3, 0.4) is 0 Å². The molecule has 108 valence electrons. The van der Waals surface area contributed by atoms with E-state index in [1.165, 1.54) is 10.2 Å². The summed E-state index contributed by atoms with van der Waals surface area (Å²) in [6.07, 6.45) is -1.55. The minimum absolute atomic E-state index is 0.168. The van der Waals surface area contributed by atoms with Crippen molar-refractivity contribution in [3.8, 4) is 0 Å². The summed E-state index contributed by atoms with van der Waals surface area (Å²) in [6, 6.07) is 0. The van der Waals surface area contributed by atoms with Gasteiger partial charge >= 0.3 is 6.18 Å². The van der Waals surface area contributed by atoms with E-state index in [4.69, 9.17) is 5.21 Å². The zero-order valence-electron chi connectivity index (χ0n) is 9.75. The summed E-state index contributed by atoms with van der Waals surface area (Å²) < 4.78 is 56.7. The van der Waals surface area contributed by atoms with Crippen LogP contribution in [0.5, 0.6) is 0 Å². The van der Waals surface area contributed by atoms with E-state index in [1.807, 2.05) is 0 Å². The summed E-state index contributed by atoms with van der Waals surface area (Å²) in [5, 5.41) is 11.2. The Morgan fingerprint density at radius 2 is 2.05 bits per heavy atom. The number of hydrogen-bond acceptors (Lipinski definition) is 3.